The largest absolute Gasteiger partial charge is 0.376 e. The highest BCUT2D eigenvalue weighted by Crippen LogP contribution is 2.25. The molecular formula is C23H32N4O2S. The molecule has 1 N–H and O–H groups in total. The number of nitrogens with zero attached hydrogens (tertiary/aromatic N) is 3. The fraction of sp³-hybridized carbons (Fsp3) is 0.522. The number of ether oxygens (including phenoxy) is 1. The first-order chi connectivity index (χ1) is 14.5. The smallest absolute Gasteiger partial charge is 0.251 e. The third kappa shape index (κ3) is 5.95. The second-order valence-electron chi connectivity index (χ2n) is 7.79. The minimum absolute atomic E-state index is 0.0502. The minimum atomic E-state index is -0.0502. The number of carbonyl (C=O) groups excluding carboxylic acids is 1. The molecule has 1 aliphatic rings. The first-order valence-electron chi connectivity index (χ1n) is 10.7. The molecule has 2 aromatic rings. The van der Waals surface area contributed by atoms with Gasteiger partial charge in [-0.1, -0.05) is 30.8 Å². The van der Waals surface area contributed by atoms with E-state index in [2.05, 4.69) is 36.1 Å². The molecule has 1 saturated heterocycles. The van der Waals surface area contributed by atoms with Gasteiger partial charge in [0, 0.05) is 49.3 Å². The van der Waals surface area contributed by atoms with Gasteiger partial charge in [0.25, 0.3) is 5.91 Å². The van der Waals surface area contributed by atoms with Crippen LogP contribution in [0.3, 0.4) is 0 Å². The number of nitrogens with one attached hydrogen (secondary N) is 1. The molecule has 0 aliphatic carbocycles. The summed E-state index contributed by atoms with van der Waals surface area (Å²) in [5.41, 5.74) is 3.96. The van der Waals surface area contributed by atoms with Gasteiger partial charge in [0.2, 0.25) is 0 Å². The van der Waals surface area contributed by atoms with E-state index in [0.717, 1.165) is 66.0 Å². The van der Waals surface area contributed by atoms with Crippen LogP contribution >= 0.6 is 11.8 Å². The third-order valence-corrected chi connectivity index (χ3v) is 6.28. The molecule has 0 unspecified atom stereocenters. The summed E-state index contributed by atoms with van der Waals surface area (Å²) < 4.78 is 5.55. The summed E-state index contributed by atoms with van der Waals surface area (Å²) in [6.45, 7) is 8.63. The van der Waals surface area contributed by atoms with Gasteiger partial charge in [-0.15, -0.1) is 0 Å². The van der Waals surface area contributed by atoms with Crippen molar-refractivity contribution in [2.45, 2.75) is 57.0 Å². The van der Waals surface area contributed by atoms with Gasteiger partial charge in [0.05, 0.1) is 6.10 Å². The zero-order valence-electron chi connectivity index (χ0n) is 18.4. The Morgan fingerprint density at radius 3 is 2.70 bits per heavy atom. The molecule has 0 spiro atoms. The number of amides is 1. The number of aryl methyl sites for hydroxylation is 1. The van der Waals surface area contributed by atoms with Gasteiger partial charge in [-0.05, 0) is 50.8 Å². The molecule has 1 aliphatic heterocycles. The van der Waals surface area contributed by atoms with Crippen LogP contribution in [-0.2, 0) is 10.5 Å². The molecule has 1 atom stereocenters. The van der Waals surface area contributed by atoms with Crippen molar-refractivity contribution in [3.8, 4) is 0 Å². The standard InChI is InChI=1S/C23H32N4O2S/c1-5-12-27(4)21-16(2)17(3)25-23(26-21)30-15-18-8-10-19(11-9-18)22(28)24-14-20-7-6-13-29-20/h8-11,20H,5-7,12-15H2,1-4H3,(H,24,28)/t20-/m1/s1. The van der Waals surface area contributed by atoms with E-state index in [-0.39, 0.29) is 12.0 Å². The van der Waals surface area contributed by atoms with Crippen molar-refractivity contribution in [2.24, 2.45) is 0 Å². The summed E-state index contributed by atoms with van der Waals surface area (Å²) in [5, 5.41) is 3.75. The van der Waals surface area contributed by atoms with Crippen LogP contribution in [0.4, 0.5) is 5.82 Å². The van der Waals surface area contributed by atoms with Crippen molar-refractivity contribution in [2.75, 3.05) is 31.6 Å². The Bertz CT molecular complexity index is 851. The highest BCUT2D eigenvalue weighted by atomic mass is 32.2. The van der Waals surface area contributed by atoms with Crippen molar-refractivity contribution in [1.29, 1.82) is 0 Å². The van der Waals surface area contributed by atoms with Crippen LogP contribution in [0, 0.1) is 13.8 Å². The van der Waals surface area contributed by atoms with Gasteiger partial charge in [-0.25, -0.2) is 9.97 Å². The quantitative estimate of drug-likeness (QED) is 0.478. The molecule has 30 heavy (non-hydrogen) atoms. The predicted molar refractivity (Wildman–Crippen MR) is 122 cm³/mol. The van der Waals surface area contributed by atoms with Crippen LogP contribution in [0.15, 0.2) is 29.4 Å². The second-order valence-corrected chi connectivity index (χ2v) is 8.73. The number of benzene rings is 1. The lowest BCUT2D eigenvalue weighted by Crippen LogP contribution is -2.31. The molecule has 1 aromatic carbocycles. The maximum Gasteiger partial charge on any atom is 0.251 e. The molecule has 6 nitrogen and oxygen atoms in total. The van der Waals surface area contributed by atoms with Crippen LogP contribution in [0.2, 0.25) is 0 Å². The molecule has 1 amide bonds. The van der Waals surface area contributed by atoms with E-state index in [9.17, 15) is 4.79 Å². The van der Waals surface area contributed by atoms with Gasteiger partial charge in [-0.2, -0.15) is 0 Å². The number of hydrogen-bond donors (Lipinski definition) is 1. The summed E-state index contributed by atoms with van der Waals surface area (Å²) in [4.78, 5) is 23.9. The van der Waals surface area contributed by atoms with Gasteiger partial charge in [0.1, 0.15) is 5.82 Å². The fourth-order valence-corrected chi connectivity index (χ4v) is 4.32. The van der Waals surface area contributed by atoms with E-state index in [0.29, 0.717) is 12.1 Å². The SMILES string of the molecule is CCCN(C)c1nc(SCc2ccc(C(=O)NC[C@H]3CCCO3)cc2)nc(C)c1C. The molecule has 0 saturated carbocycles. The number of aromatic nitrogens is 2. The molecule has 0 radical (unpaired) electrons. The lowest BCUT2D eigenvalue weighted by molar-refractivity contribution is 0.0858. The fourth-order valence-electron chi connectivity index (χ4n) is 3.48. The molecule has 2 heterocycles. The van der Waals surface area contributed by atoms with E-state index < -0.39 is 0 Å². The van der Waals surface area contributed by atoms with Crippen molar-refractivity contribution in [3.63, 3.8) is 0 Å². The minimum Gasteiger partial charge on any atom is -0.376 e. The number of rotatable bonds is 9. The number of carbonyl (C=O) groups is 1. The maximum absolute atomic E-state index is 12.3. The maximum atomic E-state index is 12.3. The summed E-state index contributed by atoms with van der Waals surface area (Å²) in [6, 6.07) is 7.75. The van der Waals surface area contributed by atoms with Gasteiger partial charge >= 0.3 is 0 Å². The highest BCUT2D eigenvalue weighted by Gasteiger charge is 2.17. The van der Waals surface area contributed by atoms with Gasteiger partial charge in [-0.3, -0.25) is 4.79 Å². The number of anilines is 1. The molecule has 1 aromatic heterocycles. The Labute approximate surface area is 183 Å². The van der Waals surface area contributed by atoms with E-state index in [1.807, 2.05) is 31.2 Å². The van der Waals surface area contributed by atoms with Crippen LogP contribution in [0.1, 0.15) is 53.4 Å². The van der Waals surface area contributed by atoms with E-state index >= 15 is 0 Å². The van der Waals surface area contributed by atoms with Crippen LogP contribution in [-0.4, -0.2) is 48.7 Å². The Hall–Kier alpha value is -2.12. The third-order valence-electron chi connectivity index (χ3n) is 5.36. The Balaban J connectivity index is 1.57. The molecule has 1 fully saturated rings. The monoisotopic (exact) mass is 428 g/mol. The molecule has 3 rings (SSSR count). The van der Waals surface area contributed by atoms with Crippen molar-refractivity contribution >= 4 is 23.5 Å². The highest BCUT2D eigenvalue weighted by molar-refractivity contribution is 7.98. The van der Waals surface area contributed by atoms with E-state index in [1.165, 1.54) is 0 Å². The normalized spacial score (nSPS) is 15.9. The van der Waals surface area contributed by atoms with E-state index in [4.69, 9.17) is 9.72 Å². The van der Waals surface area contributed by atoms with Crippen LogP contribution in [0.5, 0.6) is 0 Å². The Morgan fingerprint density at radius 1 is 1.27 bits per heavy atom. The number of hydrogen-bond acceptors (Lipinski definition) is 6. The molecule has 162 valence electrons. The zero-order chi connectivity index (χ0) is 21.5. The number of thioether (sulfide) groups is 1. The summed E-state index contributed by atoms with van der Waals surface area (Å²) in [5.74, 6) is 1.72. The zero-order valence-corrected chi connectivity index (χ0v) is 19.2. The van der Waals surface area contributed by atoms with Crippen LogP contribution < -0.4 is 10.2 Å². The second kappa shape index (κ2) is 10.8. The topological polar surface area (TPSA) is 67.4 Å². The molecular weight excluding hydrogens is 396 g/mol. The molecule has 0 bridgehead atoms. The van der Waals surface area contributed by atoms with E-state index in [1.54, 1.807) is 11.8 Å². The van der Waals surface area contributed by atoms with Gasteiger partial charge in [0.15, 0.2) is 5.16 Å². The lowest BCUT2D eigenvalue weighted by atomic mass is 10.1. The lowest BCUT2D eigenvalue weighted by Gasteiger charge is -2.20. The van der Waals surface area contributed by atoms with Crippen molar-refractivity contribution < 1.29 is 9.53 Å². The first-order valence-corrected chi connectivity index (χ1v) is 11.6. The van der Waals surface area contributed by atoms with Crippen molar-refractivity contribution in [1.82, 2.24) is 15.3 Å². The summed E-state index contributed by atoms with van der Waals surface area (Å²) in [6.07, 6.45) is 3.33. The first kappa shape index (κ1) is 22.6. The average Bonchev–Trinajstić information content (AvgIpc) is 3.27. The van der Waals surface area contributed by atoms with Crippen LogP contribution in [0.25, 0.3) is 0 Å². The average molecular weight is 429 g/mol. The summed E-state index contributed by atoms with van der Waals surface area (Å²) >= 11 is 1.62. The van der Waals surface area contributed by atoms with Gasteiger partial charge < -0.3 is 15.0 Å². The Kier molecular flexibility index (Phi) is 8.10. The Morgan fingerprint density at radius 2 is 2.03 bits per heavy atom. The summed E-state index contributed by atoms with van der Waals surface area (Å²) in [7, 11) is 2.08. The van der Waals surface area contributed by atoms with Crippen molar-refractivity contribution in [3.05, 3.63) is 46.6 Å². The molecule has 7 heteroatoms. The predicted octanol–water partition coefficient (Wildman–Crippen LogP) is 4.14.